The summed E-state index contributed by atoms with van der Waals surface area (Å²) in [5, 5.41) is 0. The largest absolute Gasteiger partial charge is 0.493 e. The van der Waals surface area contributed by atoms with Crippen LogP contribution < -0.4 is 10.5 Å². The molecule has 1 saturated carbocycles. The summed E-state index contributed by atoms with van der Waals surface area (Å²) in [6.07, 6.45) is 0. The summed E-state index contributed by atoms with van der Waals surface area (Å²) >= 11 is 0. The molecule has 2 N–H and O–H groups in total. The highest BCUT2D eigenvalue weighted by molar-refractivity contribution is 5.44. The van der Waals surface area contributed by atoms with Gasteiger partial charge in [-0.1, -0.05) is 18.2 Å². The van der Waals surface area contributed by atoms with Crippen LogP contribution in [0.1, 0.15) is 11.5 Å². The SMILES string of the molecule is N[C@@H]1[C@H]2COc3ccccc3[C@@H]12. The van der Waals surface area contributed by atoms with Crippen LogP contribution in [0.25, 0.3) is 0 Å². The zero-order chi connectivity index (χ0) is 8.13. The highest BCUT2D eigenvalue weighted by atomic mass is 16.5. The van der Waals surface area contributed by atoms with Gasteiger partial charge in [-0.25, -0.2) is 0 Å². The summed E-state index contributed by atoms with van der Waals surface area (Å²) in [4.78, 5) is 0. The average molecular weight is 161 g/mol. The molecule has 0 spiro atoms. The average Bonchev–Trinajstić information content (AvgIpc) is 2.78. The van der Waals surface area contributed by atoms with Gasteiger partial charge in [0.05, 0.1) is 6.61 Å². The zero-order valence-corrected chi connectivity index (χ0v) is 6.73. The van der Waals surface area contributed by atoms with Gasteiger partial charge in [-0.15, -0.1) is 0 Å². The van der Waals surface area contributed by atoms with E-state index in [2.05, 4.69) is 12.1 Å². The van der Waals surface area contributed by atoms with Crippen molar-refractivity contribution in [1.29, 1.82) is 0 Å². The van der Waals surface area contributed by atoms with E-state index in [-0.39, 0.29) is 0 Å². The minimum Gasteiger partial charge on any atom is -0.493 e. The number of ether oxygens (including phenoxy) is 1. The number of hydrogen-bond acceptors (Lipinski definition) is 2. The summed E-state index contributed by atoms with van der Waals surface area (Å²) in [6, 6.07) is 8.55. The third-order valence-corrected chi connectivity index (χ3v) is 2.94. The van der Waals surface area contributed by atoms with E-state index in [4.69, 9.17) is 10.5 Å². The van der Waals surface area contributed by atoms with Crippen LogP contribution in [-0.4, -0.2) is 12.6 Å². The maximum absolute atomic E-state index is 5.91. The first kappa shape index (κ1) is 6.49. The van der Waals surface area contributed by atoms with Gasteiger partial charge >= 0.3 is 0 Å². The van der Waals surface area contributed by atoms with Crippen LogP contribution in [0.5, 0.6) is 5.75 Å². The van der Waals surface area contributed by atoms with Gasteiger partial charge in [-0.2, -0.15) is 0 Å². The first-order valence-corrected chi connectivity index (χ1v) is 4.35. The first-order valence-electron chi connectivity index (χ1n) is 4.35. The summed E-state index contributed by atoms with van der Waals surface area (Å²) in [5.41, 5.74) is 7.21. The number of benzene rings is 1. The van der Waals surface area contributed by atoms with Crippen molar-refractivity contribution in [2.75, 3.05) is 6.61 Å². The Bertz CT molecular complexity index is 323. The van der Waals surface area contributed by atoms with Crippen molar-refractivity contribution in [2.45, 2.75) is 12.0 Å². The molecule has 12 heavy (non-hydrogen) atoms. The Morgan fingerprint density at radius 2 is 2.17 bits per heavy atom. The molecule has 0 unspecified atom stereocenters. The quantitative estimate of drug-likeness (QED) is 0.618. The molecule has 0 bridgehead atoms. The number of para-hydroxylation sites is 1. The molecule has 3 atom stereocenters. The fourth-order valence-corrected chi connectivity index (χ4v) is 2.13. The lowest BCUT2D eigenvalue weighted by molar-refractivity contribution is 0.277. The van der Waals surface area contributed by atoms with Gasteiger partial charge in [0.1, 0.15) is 5.75 Å². The Balaban J connectivity index is 2.10. The number of hydrogen-bond donors (Lipinski definition) is 1. The monoisotopic (exact) mass is 161 g/mol. The van der Waals surface area contributed by atoms with E-state index in [1.165, 1.54) is 5.56 Å². The lowest BCUT2D eigenvalue weighted by atomic mass is 10.1. The fraction of sp³-hybridized carbons (Fsp3) is 0.400. The second kappa shape index (κ2) is 2.02. The van der Waals surface area contributed by atoms with Crippen LogP contribution in [0.2, 0.25) is 0 Å². The molecule has 0 aromatic heterocycles. The Labute approximate surface area is 71.3 Å². The van der Waals surface area contributed by atoms with E-state index in [0.29, 0.717) is 17.9 Å². The van der Waals surface area contributed by atoms with E-state index in [1.54, 1.807) is 0 Å². The van der Waals surface area contributed by atoms with Crippen LogP contribution in [0, 0.1) is 5.92 Å². The van der Waals surface area contributed by atoms with Gasteiger partial charge in [-0.3, -0.25) is 0 Å². The molecule has 0 saturated heterocycles. The Kier molecular flexibility index (Phi) is 1.09. The predicted molar refractivity (Wildman–Crippen MR) is 46.1 cm³/mol. The first-order chi connectivity index (χ1) is 5.88. The minimum atomic E-state index is 0.341. The van der Waals surface area contributed by atoms with Crippen molar-refractivity contribution in [2.24, 2.45) is 11.7 Å². The van der Waals surface area contributed by atoms with Gasteiger partial charge in [0.2, 0.25) is 0 Å². The third-order valence-electron chi connectivity index (χ3n) is 2.94. The van der Waals surface area contributed by atoms with Crippen molar-refractivity contribution in [3.05, 3.63) is 29.8 Å². The standard InChI is InChI=1S/C10H11NO/c11-10-7-5-12-8-4-2-1-3-6(8)9(7)10/h1-4,7,9-10H,5,11H2/t7-,9+,10+/m0/s1. The van der Waals surface area contributed by atoms with Gasteiger partial charge in [-0.05, 0) is 11.6 Å². The van der Waals surface area contributed by atoms with Crippen molar-refractivity contribution in [3.63, 3.8) is 0 Å². The van der Waals surface area contributed by atoms with E-state index in [1.807, 2.05) is 12.1 Å². The van der Waals surface area contributed by atoms with Crippen molar-refractivity contribution in [1.82, 2.24) is 0 Å². The van der Waals surface area contributed by atoms with Crippen molar-refractivity contribution in [3.8, 4) is 5.75 Å². The van der Waals surface area contributed by atoms with Gasteiger partial charge < -0.3 is 10.5 Å². The molecule has 0 radical (unpaired) electrons. The molecule has 2 aliphatic rings. The van der Waals surface area contributed by atoms with Gasteiger partial charge in [0.25, 0.3) is 0 Å². The van der Waals surface area contributed by atoms with Crippen LogP contribution in [0.4, 0.5) is 0 Å². The molecule has 1 aromatic rings. The second-order valence-electron chi connectivity index (χ2n) is 3.62. The minimum absolute atomic E-state index is 0.341. The number of rotatable bonds is 0. The van der Waals surface area contributed by atoms with Gasteiger partial charge in [0, 0.05) is 17.9 Å². The zero-order valence-electron chi connectivity index (χ0n) is 6.73. The second-order valence-corrected chi connectivity index (χ2v) is 3.62. The van der Waals surface area contributed by atoms with Crippen LogP contribution >= 0.6 is 0 Å². The summed E-state index contributed by atoms with van der Waals surface area (Å²) in [7, 11) is 0. The molecule has 62 valence electrons. The summed E-state index contributed by atoms with van der Waals surface area (Å²) in [6.45, 7) is 0.808. The molecule has 1 heterocycles. The van der Waals surface area contributed by atoms with E-state index in [0.717, 1.165) is 12.4 Å². The van der Waals surface area contributed by atoms with E-state index < -0.39 is 0 Å². The maximum Gasteiger partial charge on any atom is 0.122 e. The highest BCUT2D eigenvalue weighted by Gasteiger charge is 2.52. The highest BCUT2D eigenvalue weighted by Crippen LogP contribution is 2.52. The molecular weight excluding hydrogens is 150 g/mol. The lowest BCUT2D eigenvalue weighted by Gasteiger charge is -2.14. The molecular formula is C10H11NO. The molecule has 1 fully saturated rings. The molecule has 2 heteroatoms. The molecule has 0 amide bonds. The molecule has 3 rings (SSSR count). The molecule has 1 aliphatic carbocycles. The smallest absolute Gasteiger partial charge is 0.122 e. The topological polar surface area (TPSA) is 35.2 Å². The Hall–Kier alpha value is -1.02. The number of fused-ring (bicyclic) bond motifs is 3. The van der Waals surface area contributed by atoms with E-state index in [9.17, 15) is 0 Å². The van der Waals surface area contributed by atoms with Crippen molar-refractivity contribution >= 4 is 0 Å². The molecule has 1 aliphatic heterocycles. The summed E-state index contributed by atoms with van der Waals surface area (Å²) < 4.78 is 5.57. The van der Waals surface area contributed by atoms with Crippen LogP contribution in [-0.2, 0) is 0 Å². The normalized spacial score (nSPS) is 36.2. The fourth-order valence-electron chi connectivity index (χ4n) is 2.13. The lowest BCUT2D eigenvalue weighted by Crippen LogP contribution is -2.09. The Morgan fingerprint density at radius 1 is 1.33 bits per heavy atom. The van der Waals surface area contributed by atoms with Gasteiger partial charge in [0.15, 0.2) is 0 Å². The predicted octanol–water partition coefficient (Wildman–Crippen LogP) is 1.12. The van der Waals surface area contributed by atoms with E-state index >= 15 is 0 Å². The Morgan fingerprint density at radius 3 is 3.08 bits per heavy atom. The van der Waals surface area contributed by atoms with Crippen LogP contribution in [0.3, 0.4) is 0 Å². The third kappa shape index (κ3) is 0.681. The summed E-state index contributed by atoms with van der Waals surface area (Å²) in [5.74, 6) is 2.20. The molecule has 1 aromatic carbocycles. The number of nitrogens with two attached hydrogens (primary N) is 1. The molecule has 2 nitrogen and oxygen atoms in total. The maximum atomic E-state index is 5.91. The van der Waals surface area contributed by atoms with Crippen molar-refractivity contribution < 1.29 is 4.74 Å². The van der Waals surface area contributed by atoms with Crippen LogP contribution in [0.15, 0.2) is 24.3 Å².